The van der Waals surface area contributed by atoms with Crippen LogP contribution in [0, 0.1) is 13.8 Å². The van der Waals surface area contributed by atoms with E-state index in [1.807, 2.05) is 32.2 Å². The van der Waals surface area contributed by atoms with Crippen LogP contribution in [0.2, 0.25) is 0 Å². The number of ether oxygens (including phenoxy) is 1. The molecule has 0 aliphatic carbocycles. The number of aryl methyl sites for hydroxylation is 2. The number of hydrogen-bond donors (Lipinski definition) is 1. The average Bonchev–Trinajstić information content (AvgIpc) is 2.37. The van der Waals surface area contributed by atoms with Crippen LogP contribution in [0.25, 0.3) is 0 Å². The predicted molar refractivity (Wildman–Crippen MR) is 69.6 cm³/mol. The van der Waals surface area contributed by atoms with E-state index in [1.54, 1.807) is 13.2 Å². The third-order valence-electron chi connectivity index (χ3n) is 2.46. The number of nitrogens with zero attached hydrogens (tertiary/aromatic N) is 3. The van der Waals surface area contributed by atoms with E-state index >= 15 is 0 Å². The number of aromatic nitrogens is 3. The van der Waals surface area contributed by atoms with Crippen LogP contribution in [0.4, 0.5) is 5.95 Å². The van der Waals surface area contributed by atoms with Gasteiger partial charge in [0.15, 0.2) is 0 Å². The van der Waals surface area contributed by atoms with E-state index in [2.05, 4.69) is 20.3 Å². The summed E-state index contributed by atoms with van der Waals surface area (Å²) in [5.41, 5.74) is 2.96. The van der Waals surface area contributed by atoms with Gasteiger partial charge in [0.05, 0.1) is 7.11 Å². The average molecular weight is 244 g/mol. The van der Waals surface area contributed by atoms with Crippen molar-refractivity contribution in [3.8, 4) is 5.88 Å². The molecule has 0 radical (unpaired) electrons. The maximum atomic E-state index is 5.10. The van der Waals surface area contributed by atoms with Crippen molar-refractivity contribution in [3.05, 3.63) is 41.3 Å². The molecule has 2 aromatic heterocycles. The summed E-state index contributed by atoms with van der Waals surface area (Å²) in [4.78, 5) is 12.7. The molecule has 2 rings (SSSR count). The van der Waals surface area contributed by atoms with E-state index in [0.717, 1.165) is 17.0 Å². The largest absolute Gasteiger partial charge is 0.481 e. The first-order valence-corrected chi connectivity index (χ1v) is 5.72. The first-order valence-electron chi connectivity index (χ1n) is 5.72. The van der Waals surface area contributed by atoms with Gasteiger partial charge in [0.1, 0.15) is 0 Å². The minimum atomic E-state index is 0.562. The van der Waals surface area contributed by atoms with Crippen LogP contribution >= 0.6 is 0 Å². The maximum absolute atomic E-state index is 5.10. The molecule has 2 heterocycles. The van der Waals surface area contributed by atoms with E-state index in [4.69, 9.17) is 4.74 Å². The molecule has 0 saturated carbocycles. The monoisotopic (exact) mass is 244 g/mol. The Labute approximate surface area is 106 Å². The highest BCUT2D eigenvalue weighted by molar-refractivity contribution is 5.31. The molecule has 94 valence electrons. The molecule has 0 saturated heterocycles. The second-order valence-corrected chi connectivity index (χ2v) is 4.04. The van der Waals surface area contributed by atoms with Gasteiger partial charge in [0.25, 0.3) is 0 Å². The molecule has 0 aliphatic rings. The lowest BCUT2D eigenvalue weighted by atomic mass is 10.2. The van der Waals surface area contributed by atoms with Gasteiger partial charge < -0.3 is 10.1 Å². The Morgan fingerprint density at radius 3 is 2.67 bits per heavy atom. The van der Waals surface area contributed by atoms with Crippen molar-refractivity contribution in [1.29, 1.82) is 0 Å². The lowest BCUT2D eigenvalue weighted by molar-refractivity contribution is 0.397. The first-order chi connectivity index (χ1) is 8.67. The molecular formula is C13H16N4O. The van der Waals surface area contributed by atoms with E-state index in [9.17, 15) is 0 Å². The summed E-state index contributed by atoms with van der Waals surface area (Å²) >= 11 is 0. The molecule has 1 N–H and O–H groups in total. The van der Waals surface area contributed by atoms with E-state index in [1.165, 1.54) is 0 Å². The van der Waals surface area contributed by atoms with Crippen LogP contribution in [0.5, 0.6) is 5.88 Å². The zero-order valence-electron chi connectivity index (χ0n) is 10.8. The number of methoxy groups -OCH3 is 1. The molecule has 0 unspecified atom stereocenters. The fourth-order valence-electron chi connectivity index (χ4n) is 1.51. The number of hydrogen-bond acceptors (Lipinski definition) is 5. The summed E-state index contributed by atoms with van der Waals surface area (Å²) < 4.78 is 5.10. The molecule has 0 bridgehead atoms. The van der Waals surface area contributed by atoms with Gasteiger partial charge in [-0.2, -0.15) is 4.98 Å². The predicted octanol–water partition coefficient (Wildman–Crippen LogP) is 2.11. The minimum Gasteiger partial charge on any atom is -0.481 e. The van der Waals surface area contributed by atoms with Crippen LogP contribution in [0.3, 0.4) is 0 Å². The molecule has 0 spiro atoms. The highest BCUT2D eigenvalue weighted by atomic mass is 16.5. The molecule has 5 heteroatoms. The number of rotatable bonds is 4. The normalized spacial score (nSPS) is 10.2. The van der Waals surface area contributed by atoms with Gasteiger partial charge in [0.2, 0.25) is 11.8 Å². The molecule has 2 aromatic rings. The van der Waals surface area contributed by atoms with Crippen molar-refractivity contribution >= 4 is 5.95 Å². The second-order valence-electron chi connectivity index (χ2n) is 4.04. The molecular weight excluding hydrogens is 228 g/mol. The maximum Gasteiger partial charge on any atom is 0.226 e. The molecule has 18 heavy (non-hydrogen) atoms. The van der Waals surface area contributed by atoms with Crippen LogP contribution in [-0.2, 0) is 6.54 Å². The Morgan fingerprint density at radius 1 is 1.17 bits per heavy atom. The van der Waals surface area contributed by atoms with E-state index < -0.39 is 0 Å². The Balaban J connectivity index is 2.05. The van der Waals surface area contributed by atoms with Crippen molar-refractivity contribution in [2.45, 2.75) is 20.4 Å². The third-order valence-corrected chi connectivity index (χ3v) is 2.46. The Kier molecular flexibility index (Phi) is 3.72. The second kappa shape index (κ2) is 5.44. The molecule has 0 aromatic carbocycles. The Hall–Kier alpha value is -2.17. The van der Waals surface area contributed by atoms with Gasteiger partial charge >= 0.3 is 0 Å². The van der Waals surface area contributed by atoms with Crippen molar-refractivity contribution < 1.29 is 4.74 Å². The van der Waals surface area contributed by atoms with Gasteiger partial charge in [-0.3, -0.25) is 4.98 Å². The summed E-state index contributed by atoms with van der Waals surface area (Å²) in [6.45, 7) is 4.51. The van der Waals surface area contributed by atoms with Crippen molar-refractivity contribution in [2.75, 3.05) is 12.4 Å². The van der Waals surface area contributed by atoms with Gasteiger partial charge in [-0.15, -0.1) is 0 Å². The lowest BCUT2D eigenvalue weighted by Gasteiger charge is -2.07. The molecule has 0 aliphatic heterocycles. The van der Waals surface area contributed by atoms with Crippen LogP contribution < -0.4 is 10.1 Å². The third kappa shape index (κ3) is 3.16. The quantitative estimate of drug-likeness (QED) is 0.892. The zero-order valence-corrected chi connectivity index (χ0v) is 10.8. The van der Waals surface area contributed by atoms with E-state index in [-0.39, 0.29) is 0 Å². The van der Waals surface area contributed by atoms with Crippen LogP contribution in [0.1, 0.15) is 17.0 Å². The molecule has 5 nitrogen and oxygen atoms in total. The summed E-state index contributed by atoms with van der Waals surface area (Å²) in [5, 5.41) is 3.15. The smallest absolute Gasteiger partial charge is 0.226 e. The first kappa shape index (κ1) is 12.3. The zero-order chi connectivity index (χ0) is 13.0. The Morgan fingerprint density at radius 2 is 2.00 bits per heavy atom. The summed E-state index contributed by atoms with van der Waals surface area (Å²) in [6, 6.07) is 5.80. The van der Waals surface area contributed by atoms with Crippen molar-refractivity contribution in [3.63, 3.8) is 0 Å². The van der Waals surface area contributed by atoms with Gasteiger partial charge in [0, 0.05) is 30.2 Å². The number of nitrogens with one attached hydrogen (secondary N) is 1. The van der Waals surface area contributed by atoms with Crippen molar-refractivity contribution in [1.82, 2.24) is 15.0 Å². The fourth-order valence-corrected chi connectivity index (χ4v) is 1.51. The van der Waals surface area contributed by atoms with Gasteiger partial charge in [-0.25, -0.2) is 4.98 Å². The summed E-state index contributed by atoms with van der Waals surface area (Å²) in [6.07, 6.45) is 1.84. The number of anilines is 1. The van der Waals surface area contributed by atoms with Crippen molar-refractivity contribution in [2.24, 2.45) is 0 Å². The molecule has 0 amide bonds. The summed E-state index contributed by atoms with van der Waals surface area (Å²) in [7, 11) is 1.59. The Bertz CT molecular complexity index is 525. The SMILES string of the molecule is COc1cc(C)nc(NCc2ccc(C)nc2)n1. The molecule has 0 atom stereocenters. The lowest BCUT2D eigenvalue weighted by Crippen LogP contribution is -2.05. The topological polar surface area (TPSA) is 59.9 Å². The van der Waals surface area contributed by atoms with Crippen LogP contribution in [0.15, 0.2) is 24.4 Å². The standard InChI is InChI=1S/C13H16N4O/c1-9-4-5-11(7-14-9)8-15-13-16-10(2)6-12(17-13)18-3/h4-7H,8H2,1-3H3,(H,15,16,17). The molecule has 0 fully saturated rings. The highest BCUT2D eigenvalue weighted by Gasteiger charge is 2.02. The van der Waals surface area contributed by atoms with E-state index in [0.29, 0.717) is 18.4 Å². The highest BCUT2D eigenvalue weighted by Crippen LogP contribution is 2.12. The summed E-state index contributed by atoms with van der Waals surface area (Å²) in [5.74, 6) is 1.12. The van der Waals surface area contributed by atoms with Crippen LogP contribution in [-0.4, -0.2) is 22.1 Å². The fraction of sp³-hybridized carbons (Fsp3) is 0.308. The van der Waals surface area contributed by atoms with Gasteiger partial charge in [-0.1, -0.05) is 6.07 Å². The van der Waals surface area contributed by atoms with Gasteiger partial charge in [-0.05, 0) is 25.5 Å². The minimum absolute atomic E-state index is 0.562. The number of pyridine rings is 1.